The van der Waals surface area contributed by atoms with Gasteiger partial charge in [0.15, 0.2) is 9.84 Å². The number of hydrogen-bond donors (Lipinski definition) is 1. The molecule has 2 heterocycles. The number of rotatable bonds is 3. The standard InChI is InChI=1S/C18H32N2O3S/c1-15(17(21)19-16-7-12-24(22,23)13-16)20-11-6-10-18(14-20)8-4-2-3-5-9-18/h15-16H,2-14H2,1H3,(H,19,21). The van der Waals surface area contributed by atoms with Gasteiger partial charge in [0.25, 0.3) is 0 Å². The van der Waals surface area contributed by atoms with Gasteiger partial charge in [-0.05, 0) is 51.0 Å². The minimum absolute atomic E-state index is 0.00257. The first kappa shape index (κ1) is 18.2. The molecule has 3 aliphatic rings. The van der Waals surface area contributed by atoms with Crippen LogP contribution in [0.3, 0.4) is 0 Å². The van der Waals surface area contributed by atoms with Crippen LogP contribution in [0.4, 0.5) is 0 Å². The maximum Gasteiger partial charge on any atom is 0.237 e. The Hall–Kier alpha value is -0.620. The summed E-state index contributed by atoms with van der Waals surface area (Å²) in [5.41, 5.74) is 0.417. The van der Waals surface area contributed by atoms with E-state index in [1.807, 2.05) is 6.92 Å². The number of amides is 1. The molecule has 1 spiro atoms. The average Bonchev–Trinajstić information content (AvgIpc) is 2.74. The summed E-state index contributed by atoms with van der Waals surface area (Å²) in [6, 6.07) is -0.352. The van der Waals surface area contributed by atoms with E-state index in [4.69, 9.17) is 0 Å². The van der Waals surface area contributed by atoms with Crippen LogP contribution in [0, 0.1) is 5.41 Å². The van der Waals surface area contributed by atoms with Gasteiger partial charge in [0.05, 0.1) is 17.5 Å². The molecule has 2 saturated heterocycles. The molecule has 0 radical (unpaired) electrons. The predicted octanol–water partition coefficient (Wildman–Crippen LogP) is 2.11. The molecule has 0 aromatic heterocycles. The molecule has 24 heavy (non-hydrogen) atoms. The van der Waals surface area contributed by atoms with Gasteiger partial charge >= 0.3 is 0 Å². The predicted molar refractivity (Wildman–Crippen MR) is 95.6 cm³/mol. The van der Waals surface area contributed by atoms with Gasteiger partial charge in [0.2, 0.25) is 5.91 Å². The van der Waals surface area contributed by atoms with Crippen LogP contribution in [0.25, 0.3) is 0 Å². The fourth-order valence-electron chi connectivity index (χ4n) is 4.86. The number of nitrogens with zero attached hydrogens (tertiary/aromatic N) is 1. The molecule has 2 aliphatic heterocycles. The molecule has 3 fully saturated rings. The fourth-order valence-corrected chi connectivity index (χ4v) is 6.53. The average molecular weight is 357 g/mol. The lowest BCUT2D eigenvalue weighted by Gasteiger charge is -2.44. The van der Waals surface area contributed by atoms with Crippen molar-refractivity contribution in [2.75, 3.05) is 24.6 Å². The van der Waals surface area contributed by atoms with E-state index in [0.29, 0.717) is 11.8 Å². The molecule has 2 atom stereocenters. The van der Waals surface area contributed by atoms with Crippen molar-refractivity contribution in [3.8, 4) is 0 Å². The second kappa shape index (κ2) is 7.32. The SMILES string of the molecule is CC(C(=O)NC1CCS(=O)(=O)C1)N1CCCC2(CCCCCC2)C1. The van der Waals surface area contributed by atoms with Gasteiger partial charge in [-0.2, -0.15) is 0 Å². The first-order chi connectivity index (χ1) is 11.4. The second-order valence-corrected chi connectivity index (χ2v) is 10.5. The smallest absolute Gasteiger partial charge is 0.237 e. The van der Waals surface area contributed by atoms with E-state index in [-0.39, 0.29) is 29.5 Å². The molecule has 1 saturated carbocycles. The number of sulfone groups is 1. The Morgan fingerprint density at radius 1 is 1.12 bits per heavy atom. The third kappa shape index (κ3) is 4.31. The molecule has 0 aromatic rings. The van der Waals surface area contributed by atoms with E-state index in [1.54, 1.807) is 0 Å². The van der Waals surface area contributed by atoms with E-state index in [0.717, 1.165) is 13.1 Å². The molecule has 2 unspecified atom stereocenters. The van der Waals surface area contributed by atoms with E-state index in [1.165, 1.54) is 51.4 Å². The molecule has 5 nitrogen and oxygen atoms in total. The Kier molecular flexibility index (Phi) is 5.55. The van der Waals surface area contributed by atoms with E-state index >= 15 is 0 Å². The Morgan fingerprint density at radius 2 is 1.79 bits per heavy atom. The zero-order valence-corrected chi connectivity index (χ0v) is 15.7. The maximum absolute atomic E-state index is 12.6. The summed E-state index contributed by atoms with van der Waals surface area (Å²) in [4.78, 5) is 14.9. The van der Waals surface area contributed by atoms with Gasteiger partial charge in [-0.3, -0.25) is 9.69 Å². The summed E-state index contributed by atoms with van der Waals surface area (Å²) in [7, 11) is -2.95. The molecule has 0 bridgehead atoms. The molecule has 1 aliphatic carbocycles. The van der Waals surface area contributed by atoms with Crippen LogP contribution >= 0.6 is 0 Å². The Labute approximate surface area is 146 Å². The molecule has 0 aromatic carbocycles. The molecule has 1 amide bonds. The minimum Gasteiger partial charge on any atom is -0.351 e. The zero-order chi connectivity index (χ0) is 17.2. The van der Waals surface area contributed by atoms with E-state index < -0.39 is 9.84 Å². The Bertz CT molecular complexity index is 553. The van der Waals surface area contributed by atoms with Gasteiger partial charge in [-0.1, -0.05) is 25.7 Å². The molecule has 138 valence electrons. The van der Waals surface area contributed by atoms with Gasteiger partial charge in [0.1, 0.15) is 0 Å². The Morgan fingerprint density at radius 3 is 2.42 bits per heavy atom. The summed E-state index contributed by atoms with van der Waals surface area (Å²) in [6.45, 7) is 4.00. The van der Waals surface area contributed by atoms with Crippen LogP contribution in [0.5, 0.6) is 0 Å². The zero-order valence-electron chi connectivity index (χ0n) is 14.9. The van der Waals surface area contributed by atoms with E-state index in [2.05, 4.69) is 10.2 Å². The van der Waals surface area contributed by atoms with Crippen molar-refractivity contribution in [2.45, 2.75) is 76.8 Å². The molecular formula is C18H32N2O3S. The van der Waals surface area contributed by atoms with Crippen molar-refractivity contribution in [3.63, 3.8) is 0 Å². The topological polar surface area (TPSA) is 66.5 Å². The molecular weight excluding hydrogens is 324 g/mol. The summed E-state index contributed by atoms with van der Waals surface area (Å²) >= 11 is 0. The third-order valence-electron chi connectivity index (χ3n) is 6.36. The Balaban J connectivity index is 1.57. The number of likely N-dealkylation sites (tertiary alicyclic amines) is 1. The van der Waals surface area contributed by atoms with E-state index in [9.17, 15) is 13.2 Å². The maximum atomic E-state index is 12.6. The number of hydrogen-bond acceptors (Lipinski definition) is 4. The normalized spacial score (nSPS) is 31.5. The number of carbonyl (C=O) groups excluding carboxylic acids is 1. The van der Waals surface area contributed by atoms with Crippen LogP contribution in [-0.4, -0.2) is 55.9 Å². The molecule has 1 N–H and O–H groups in total. The molecule has 3 rings (SSSR count). The summed E-state index contributed by atoms with van der Waals surface area (Å²) in [5.74, 6) is 0.317. The highest BCUT2D eigenvalue weighted by atomic mass is 32.2. The quantitative estimate of drug-likeness (QED) is 0.841. The highest BCUT2D eigenvalue weighted by Crippen LogP contribution is 2.42. The van der Waals surface area contributed by atoms with Crippen molar-refractivity contribution >= 4 is 15.7 Å². The third-order valence-corrected chi connectivity index (χ3v) is 8.13. The summed E-state index contributed by atoms with van der Waals surface area (Å²) < 4.78 is 23.1. The number of nitrogens with one attached hydrogen (secondary N) is 1. The van der Waals surface area contributed by atoms with Crippen molar-refractivity contribution < 1.29 is 13.2 Å². The summed E-state index contributed by atoms with van der Waals surface area (Å²) in [5, 5.41) is 2.98. The lowest BCUT2D eigenvalue weighted by Crippen LogP contribution is -2.53. The van der Waals surface area contributed by atoms with Crippen LogP contribution in [0.2, 0.25) is 0 Å². The van der Waals surface area contributed by atoms with Crippen molar-refractivity contribution in [2.24, 2.45) is 5.41 Å². The number of carbonyl (C=O) groups is 1. The van der Waals surface area contributed by atoms with Crippen LogP contribution in [-0.2, 0) is 14.6 Å². The second-order valence-electron chi connectivity index (χ2n) is 8.27. The first-order valence-electron chi connectivity index (χ1n) is 9.64. The highest BCUT2D eigenvalue weighted by Gasteiger charge is 2.39. The molecule has 6 heteroatoms. The number of piperidine rings is 1. The van der Waals surface area contributed by atoms with Gasteiger partial charge in [-0.15, -0.1) is 0 Å². The van der Waals surface area contributed by atoms with Gasteiger partial charge < -0.3 is 5.32 Å². The van der Waals surface area contributed by atoms with Crippen molar-refractivity contribution in [1.82, 2.24) is 10.2 Å². The van der Waals surface area contributed by atoms with Gasteiger partial charge in [-0.25, -0.2) is 8.42 Å². The van der Waals surface area contributed by atoms with Crippen molar-refractivity contribution in [1.29, 1.82) is 0 Å². The summed E-state index contributed by atoms with van der Waals surface area (Å²) in [6.07, 6.45) is 11.0. The largest absolute Gasteiger partial charge is 0.351 e. The first-order valence-corrected chi connectivity index (χ1v) is 11.5. The van der Waals surface area contributed by atoms with Gasteiger partial charge in [0, 0.05) is 12.6 Å². The van der Waals surface area contributed by atoms with Crippen molar-refractivity contribution in [3.05, 3.63) is 0 Å². The monoisotopic (exact) mass is 356 g/mol. The van der Waals surface area contributed by atoms with Crippen LogP contribution < -0.4 is 5.32 Å². The minimum atomic E-state index is -2.95. The lowest BCUT2D eigenvalue weighted by atomic mass is 9.73. The lowest BCUT2D eigenvalue weighted by molar-refractivity contribution is -0.128. The highest BCUT2D eigenvalue weighted by molar-refractivity contribution is 7.91. The van der Waals surface area contributed by atoms with Crippen LogP contribution in [0.15, 0.2) is 0 Å². The fraction of sp³-hybridized carbons (Fsp3) is 0.944. The van der Waals surface area contributed by atoms with Crippen LogP contribution in [0.1, 0.15) is 64.7 Å².